The molecule has 0 amide bonds. The van der Waals surface area contributed by atoms with Crippen molar-refractivity contribution in [2.45, 2.75) is 19.5 Å². The first kappa shape index (κ1) is 12.3. The fourth-order valence-corrected chi connectivity index (χ4v) is 3.18. The average molecular weight is 274 g/mol. The van der Waals surface area contributed by atoms with E-state index in [9.17, 15) is 9.90 Å². The molecular formula is C14H14N2O2S. The lowest BCUT2D eigenvalue weighted by atomic mass is 9.94. The minimum Gasteiger partial charge on any atom is -0.478 e. The first-order chi connectivity index (χ1) is 9.24. The summed E-state index contributed by atoms with van der Waals surface area (Å²) in [6, 6.07) is 5.55. The number of carboxylic acid groups (broad SMARTS) is 1. The molecule has 0 aliphatic carbocycles. The Balaban J connectivity index is 1.81. The molecule has 0 unspecified atom stereocenters. The van der Waals surface area contributed by atoms with E-state index in [2.05, 4.69) is 9.88 Å². The maximum Gasteiger partial charge on any atom is 0.335 e. The highest BCUT2D eigenvalue weighted by molar-refractivity contribution is 7.09. The molecule has 0 radical (unpaired) electrons. The molecule has 1 N–H and O–H groups in total. The number of carbonyl (C=O) groups is 1. The predicted octanol–water partition coefficient (Wildman–Crippen LogP) is 2.40. The van der Waals surface area contributed by atoms with E-state index < -0.39 is 5.97 Å². The van der Waals surface area contributed by atoms with Crippen molar-refractivity contribution < 1.29 is 9.90 Å². The smallest absolute Gasteiger partial charge is 0.335 e. The number of hydrogen-bond donors (Lipinski definition) is 1. The predicted molar refractivity (Wildman–Crippen MR) is 73.3 cm³/mol. The molecular weight excluding hydrogens is 260 g/mol. The minimum absolute atomic E-state index is 0.454. The van der Waals surface area contributed by atoms with Crippen molar-refractivity contribution >= 4 is 17.3 Å². The summed E-state index contributed by atoms with van der Waals surface area (Å²) in [6.07, 6.45) is 2.70. The summed E-state index contributed by atoms with van der Waals surface area (Å²) in [7, 11) is 0. The number of hydrogen-bond acceptors (Lipinski definition) is 4. The van der Waals surface area contributed by atoms with Crippen LogP contribution in [0.15, 0.2) is 29.9 Å². The summed E-state index contributed by atoms with van der Waals surface area (Å²) < 4.78 is 0. The molecule has 2 heterocycles. The van der Waals surface area contributed by atoms with Crippen molar-refractivity contribution in [3.8, 4) is 0 Å². The molecule has 1 aliphatic rings. The van der Waals surface area contributed by atoms with Gasteiger partial charge in [-0.2, -0.15) is 0 Å². The fourth-order valence-electron chi connectivity index (χ4n) is 2.54. The van der Waals surface area contributed by atoms with Crippen LogP contribution >= 0.6 is 11.3 Å². The Bertz CT molecular complexity index is 595. The van der Waals surface area contributed by atoms with Gasteiger partial charge < -0.3 is 5.11 Å². The van der Waals surface area contributed by atoms with Gasteiger partial charge >= 0.3 is 5.97 Å². The highest BCUT2D eigenvalue weighted by atomic mass is 32.1. The maximum atomic E-state index is 11.2. The standard InChI is InChI=1S/C14H14N2O2S/c17-14(18)13-3-1-2-10-7-16(5-4-12(10)13)8-11-6-15-9-19-11/h1-3,6,9H,4-5,7-8H2,(H,17,18). The second-order valence-corrected chi connectivity index (χ2v) is 5.65. The average Bonchev–Trinajstić information content (AvgIpc) is 2.90. The third-order valence-electron chi connectivity index (χ3n) is 3.44. The summed E-state index contributed by atoms with van der Waals surface area (Å²) in [5.41, 5.74) is 4.43. The highest BCUT2D eigenvalue weighted by Gasteiger charge is 2.21. The van der Waals surface area contributed by atoms with E-state index in [1.165, 1.54) is 4.88 Å². The van der Waals surface area contributed by atoms with Crippen LogP contribution in [0, 0.1) is 0 Å². The van der Waals surface area contributed by atoms with Gasteiger partial charge in [0.25, 0.3) is 0 Å². The van der Waals surface area contributed by atoms with Crippen molar-refractivity contribution in [3.63, 3.8) is 0 Å². The summed E-state index contributed by atoms with van der Waals surface area (Å²) in [6.45, 7) is 2.60. The van der Waals surface area contributed by atoms with Crippen molar-refractivity contribution in [2.75, 3.05) is 6.54 Å². The van der Waals surface area contributed by atoms with Gasteiger partial charge in [0.2, 0.25) is 0 Å². The Morgan fingerprint density at radius 1 is 1.47 bits per heavy atom. The maximum absolute atomic E-state index is 11.2. The molecule has 0 atom stereocenters. The van der Waals surface area contributed by atoms with E-state index in [0.717, 1.165) is 37.2 Å². The van der Waals surface area contributed by atoms with Crippen LogP contribution < -0.4 is 0 Å². The van der Waals surface area contributed by atoms with Crippen LogP contribution in [-0.4, -0.2) is 27.5 Å². The van der Waals surface area contributed by atoms with Crippen LogP contribution in [0.3, 0.4) is 0 Å². The summed E-state index contributed by atoms with van der Waals surface area (Å²) in [5.74, 6) is -0.826. The summed E-state index contributed by atoms with van der Waals surface area (Å²) in [4.78, 5) is 18.9. The van der Waals surface area contributed by atoms with Gasteiger partial charge in [0, 0.05) is 30.7 Å². The number of carboxylic acids is 1. The Kier molecular flexibility index (Phi) is 3.31. The van der Waals surface area contributed by atoms with Gasteiger partial charge in [-0.25, -0.2) is 4.79 Å². The third-order valence-corrected chi connectivity index (χ3v) is 4.20. The van der Waals surface area contributed by atoms with Crippen LogP contribution in [0.4, 0.5) is 0 Å². The first-order valence-corrected chi connectivity index (χ1v) is 7.06. The van der Waals surface area contributed by atoms with Crippen LogP contribution in [-0.2, 0) is 19.5 Å². The molecule has 98 valence electrons. The quantitative estimate of drug-likeness (QED) is 0.933. The lowest BCUT2D eigenvalue weighted by Crippen LogP contribution is -2.30. The second-order valence-electron chi connectivity index (χ2n) is 4.68. The second kappa shape index (κ2) is 5.11. The summed E-state index contributed by atoms with van der Waals surface area (Å²) >= 11 is 1.66. The zero-order valence-corrected chi connectivity index (χ0v) is 11.2. The van der Waals surface area contributed by atoms with E-state index in [1.807, 2.05) is 23.8 Å². The Morgan fingerprint density at radius 3 is 3.11 bits per heavy atom. The molecule has 1 aromatic heterocycles. The molecule has 0 spiro atoms. The van der Waals surface area contributed by atoms with Crippen LogP contribution in [0.2, 0.25) is 0 Å². The Hall–Kier alpha value is -1.72. The monoisotopic (exact) mass is 274 g/mol. The Labute approximate surface area is 115 Å². The van der Waals surface area contributed by atoms with E-state index in [-0.39, 0.29) is 0 Å². The number of aromatic nitrogens is 1. The van der Waals surface area contributed by atoms with Crippen LogP contribution in [0.5, 0.6) is 0 Å². The number of nitrogens with zero attached hydrogens (tertiary/aromatic N) is 2. The van der Waals surface area contributed by atoms with Crippen molar-refractivity contribution in [3.05, 3.63) is 51.5 Å². The van der Waals surface area contributed by atoms with Gasteiger partial charge in [0.15, 0.2) is 0 Å². The molecule has 0 saturated heterocycles. The third kappa shape index (κ3) is 2.52. The molecule has 2 aromatic rings. The normalized spacial score (nSPS) is 15.2. The van der Waals surface area contributed by atoms with Gasteiger partial charge in [-0.3, -0.25) is 9.88 Å². The number of thiazole rings is 1. The van der Waals surface area contributed by atoms with E-state index >= 15 is 0 Å². The van der Waals surface area contributed by atoms with Crippen molar-refractivity contribution in [1.29, 1.82) is 0 Å². The number of fused-ring (bicyclic) bond motifs is 1. The summed E-state index contributed by atoms with van der Waals surface area (Å²) in [5, 5.41) is 9.19. The molecule has 3 rings (SSSR count). The molecule has 5 heteroatoms. The SMILES string of the molecule is O=C(O)c1cccc2c1CCN(Cc1cncs1)C2. The molecule has 0 fully saturated rings. The van der Waals surface area contributed by atoms with Gasteiger partial charge in [0.1, 0.15) is 0 Å². The zero-order chi connectivity index (χ0) is 13.2. The lowest BCUT2D eigenvalue weighted by molar-refractivity contribution is 0.0694. The number of benzene rings is 1. The minimum atomic E-state index is -0.826. The van der Waals surface area contributed by atoms with Crippen LogP contribution in [0.1, 0.15) is 26.4 Å². The largest absolute Gasteiger partial charge is 0.478 e. The van der Waals surface area contributed by atoms with Crippen LogP contribution in [0.25, 0.3) is 0 Å². The topological polar surface area (TPSA) is 53.4 Å². The van der Waals surface area contributed by atoms with Crippen molar-refractivity contribution in [2.24, 2.45) is 0 Å². The van der Waals surface area contributed by atoms with Gasteiger partial charge in [-0.1, -0.05) is 12.1 Å². The molecule has 1 aliphatic heterocycles. The molecule has 19 heavy (non-hydrogen) atoms. The van der Waals surface area contributed by atoms with Crippen molar-refractivity contribution in [1.82, 2.24) is 9.88 Å². The lowest BCUT2D eigenvalue weighted by Gasteiger charge is -2.29. The molecule has 1 aromatic carbocycles. The highest BCUT2D eigenvalue weighted by Crippen LogP contribution is 2.24. The number of rotatable bonds is 3. The number of aromatic carboxylic acids is 1. The van der Waals surface area contributed by atoms with E-state index in [4.69, 9.17) is 0 Å². The Morgan fingerprint density at radius 2 is 2.37 bits per heavy atom. The molecule has 0 saturated carbocycles. The molecule has 0 bridgehead atoms. The zero-order valence-electron chi connectivity index (χ0n) is 10.4. The van der Waals surface area contributed by atoms with E-state index in [0.29, 0.717) is 5.56 Å². The van der Waals surface area contributed by atoms with Gasteiger partial charge in [0.05, 0.1) is 11.1 Å². The van der Waals surface area contributed by atoms with Gasteiger partial charge in [-0.15, -0.1) is 11.3 Å². The van der Waals surface area contributed by atoms with E-state index in [1.54, 1.807) is 17.4 Å². The van der Waals surface area contributed by atoms with Gasteiger partial charge in [-0.05, 0) is 23.6 Å². The first-order valence-electron chi connectivity index (χ1n) is 6.18. The molecule has 4 nitrogen and oxygen atoms in total. The fraction of sp³-hybridized carbons (Fsp3) is 0.286.